The van der Waals surface area contributed by atoms with Crippen molar-refractivity contribution in [3.63, 3.8) is 0 Å². The van der Waals surface area contributed by atoms with Crippen LogP contribution in [-0.2, 0) is 30.6 Å². The molecule has 0 saturated carbocycles. The van der Waals surface area contributed by atoms with Gasteiger partial charge in [-0.2, -0.15) is 0 Å². The number of nitrogens with one attached hydrogen (secondary N) is 1. The lowest BCUT2D eigenvalue weighted by Gasteiger charge is -2.33. The van der Waals surface area contributed by atoms with Gasteiger partial charge in [-0.25, -0.2) is 15.0 Å². The van der Waals surface area contributed by atoms with Crippen LogP contribution in [0.1, 0.15) is 43.2 Å². The molecule has 0 bridgehead atoms. The molecule has 0 saturated heterocycles. The second-order valence-corrected chi connectivity index (χ2v) is 9.44. The molecule has 5 nitrogen and oxygen atoms in total. The van der Waals surface area contributed by atoms with Crippen molar-refractivity contribution in [3.05, 3.63) is 59.0 Å². The molecule has 154 valence electrons. The van der Waals surface area contributed by atoms with Gasteiger partial charge in [-0.1, -0.05) is 37.3 Å². The van der Waals surface area contributed by atoms with Crippen LogP contribution in [0.4, 0.5) is 5.82 Å². The highest BCUT2D eigenvalue weighted by Crippen LogP contribution is 2.42. The Balaban J connectivity index is 1.57. The van der Waals surface area contributed by atoms with Crippen molar-refractivity contribution in [1.29, 1.82) is 0 Å². The number of fused-ring (bicyclic) bond motifs is 5. The van der Waals surface area contributed by atoms with E-state index in [9.17, 15) is 0 Å². The van der Waals surface area contributed by atoms with E-state index < -0.39 is 0 Å². The summed E-state index contributed by atoms with van der Waals surface area (Å²) in [5, 5.41) is 4.72. The van der Waals surface area contributed by atoms with Crippen LogP contribution in [0.2, 0.25) is 0 Å². The Hall–Kier alpha value is -2.57. The minimum absolute atomic E-state index is 0.176. The quantitative estimate of drug-likeness (QED) is 0.476. The van der Waals surface area contributed by atoms with Crippen molar-refractivity contribution in [1.82, 2.24) is 15.0 Å². The molecule has 5 rings (SSSR count). The molecule has 1 aliphatic heterocycles. The third kappa shape index (κ3) is 3.44. The van der Waals surface area contributed by atoms with E-state index in [1.807, 2.05) is 6.07 Å². The van der Waals surface area contributed by atoms with E-state index >= 15 is 0 Å². The van der Waals surface area contributed by atoms with E-state index in [1.165, 1.54) is 22.1 Å². The van der Waals surface area contributed by atoms with Crippen LogP contribution in [0.25, 0.3) is 20.4 Å². The van der Waals surface area contributed by atoms with E-state index in [0.29, 0.717) is 6.61 Å². The van der Waals surface area contributed by atoms with Crippen LogP contribution >= 0.6 is 11.3 Å². The Bertz CT molecular complexity index is 1220. The Morgan fingerprint density at radius 3 is 2.77 bits per heavy atom. The van der Waals surface area contributed by atoms with E-state index in [4.69, 9.17) is 9.72 Å². The van der Waals surface area contributed by atoms with E-state index in [0.717, 1.165) is 52.4 Å². The van der Waals surface area contributed by atoms with Gasteiger partial charge >= 0.3 is 0 Å². The normalized spacial score (nSPS) is 15.4. The van der Waals surface area contributed by atoms with Gasteiger partial charge in [-0.15, -0.1) is 11.3 Å². The topological polar surface area (TPSA) is 59.9 Å². The number of nitrogens with zero attached hydrogens (tertiary/aromatic N) is 3. The number of hydrogen-bond acceptors (Lipinski definition) is 6. The first-order valence-corrected chi connectivity index (χ1v) is 11.4. The first-order chi connectivity index (χ1) is 14.6. The lowest BCUT2D eigenvalue weighted by molar-refractivity contribution is -0.0401. The molecule has 30 heavy (non-hydrogen) atoms. The second kappa shape index (κ2) is 7.60. The summed E-state index contributed by atoms with van der Waals surface area (Å²) in [5.74, 6) is 0.900. The van der Waals surface area contributed by atoms with E-state index in [1.54, 1.807) is 17.7 Å². The fourth-order valence-electron chi connectivity index (χ4n) is 4.26. The average Bonchev–Trinajstić information content (AvgIpc) is 3.13. The standard InChI is InChI=1S/C24H26N4OS/c1-4-18-17-13-29-24(2,3)12-16(17)19-20-21(30-23(19)28-18)22(27-14-26-20)25-11-10-15-8-6-5-7-9-15/h5-9,14H,4,10-13H2,1-3H3,(H,25,26,27). The molecule has 0 amide bonds. The van der Waals surface area contributed by atoms with Crippen molar-refractivity contribution in [3.8, 4) is 0 Å². The molecule has 4 heterocycles. The first-order valence-electron chi connectivity index (χ1n) is 10.6. The highest BCUT2D eigenvalue weighted by atomic mass is 32.1. The maximum Gasteiger partial charge on any atom is 0.147 e. The molecule has 3 aromatic heterocycles. The van der Waals surface area contributed by atoms with Crippen molar-refractivity contribution in [2.45, 2.75) is 52.2 Å². The number of anilines is 1. The SMILES string of the molecule is CCc1nc2sc3c(NCCc4ccccc4)ncnc3c2c2c1COC(C)(C)C2. The van der Waals surface area contributed by atoms with Crippen LogP contribution in [0, 0.1) is 0 Å². The van der Waals surface area contributed by atoms with Gasteiger partial charge in [0.1, 0.15) is 17.0 Å². The summed E-state index contributed by atoms with van der Waals surface area (Å²) in [5.41, 5.74) is 5.90. The van der Waals surface area contributed by atoms with Gasteiger partial charge in [0.2, 0.25) is 0 Å². The highest BCUT2D eigenvalue weighted by molar-refractivity contribution is 7.26. The van der Waals surface area contributed by atoms with Crippen LogP contribution in [-0.4, -0.2) is 27.1 Å². The fraction of sp³-hybridized carbons (Fsp3) is 0.375. The maximum atomic E-state index is 6.11. The Morgan fingerprint density at radius 2 is 1.97 bits per heavy atom. The van der Waals surface area contributed by atoms with Crippen LogP contribution in [0.3, 0.4) is 0 Å². The largest absolute Gasteiger partial charge is 0.370 e. The summed E-state index contributed by atoms with van der Waals surface area (Å²) in [4.78, 5) is 15.3. The number of rotatable bonds is 5. The van der Waals surface area contributed by atoms with Gasteiger partial charge in [0.25, 0.3) is 0 Å². The van der Waals surface area contributed by atoms with Crippen molar-refractivity contribution >= 4 is 37.6 Å². The molecule has 4 aromatic rings. The Morgan fingerprint density at radius 1 is 1.13 bits per heavy atom. The van der Waals surface area contributed by atoms with Crippen LogP contribution in [0.5, 0.6) is 0 Å². The van der Waals surface area contributed by atoms with Gasteiger partial charge in [-0.3, -0.25) is 0 Å². The number of aromatic nitrogens is 3. The molecule has 1 N–H and O–H groups in total. The van der Waals surface area contributed by atoms with Crippen LogP contribution in [0.15, 0.2) is 36.7 Å². The fourth-order valence-corrected chi connectivity index (χ4v) is 5.41. The summed E-state index contributed by atoms with van der Waals surface area (Å²) in [6.45, 7) is 7.94. The van der Waals surface area contributed by atoms with E-state index in [2.05, 4.69) is 60.3 Å². The molecule has 0 fully saturated rings. The first kappa shape index (κ1) is 19.4. The molecule has 0 unspecified atom stereocenters. The minimum atomic E-state index is -0.176. The zero-order valence-electron chi connectivity index (χ0n) is 17.7. The molecule has 6 heteroatoms. The Labute approximate surface area is 180 Å². The minimum Gasteiger partial charge on any atom is -0.370 e. The second-order valence-electron chi connectivity index (χ2n) is 8.44. The predicted octanol–water partition coefficient (Wildman–Crippen LogP) is 5.31. The van der Waals surface area contributed by atoms with Crippen molar-refractivity contribution < 1.29 is 4.74 Å². The van der Waals surface area contributed by atoms with Crippen molar-refractivity contribution in [2.75, 3.05) is 11.9 Å². The molecular formula is C24H26N4OS. The summed E-state index contributed by atoms with van der Waals surface area (Å²) in [6, 6.07) is 10.5. The predicted molar refractivity (Wildman–Crippen MR) is 123 cm³/mol. The third-order valence-corrected chi connectivity index (χ3v) is 6.88. The smallest absolute Gasteiger partial charge is 0.147 e. The molecule has 0 aliphatic carbocycles. The van der Waals surface area contributed by atoms with Gasteiger partial charge in [0.15, 0.2) is 0 Å². The summed E-state index contributed by atoms with van der Waals surface area (Å²) < 4.78 is 7.20. The summed E-state index contributed by atoms with van der Waals surface area (Å²) in [7, 11) is 0. The average molecular weight is 419 g/mol. The monoisotopic (exact) mass is 418 g/mol. The van der Waals surface area contributed by atoms with Crippen molar-refractivity contribution in [2.24, 2.45) is 0 Å². The molecule has 0 radical (unpaired) electrons. The molecular weight excluding hydrogens is 392 g/mol. The van der Waals surface area contributed by atoms with Crippen LogP contribution < -0.4 is 5.32 Å². The maximum absolute atomic E-state index is 6.11. The van der Waals surface area contributed by atoms with E-state index in [-0.39, 0.29) is 5.60 Å². The van der Waals surface area contributed by atoms with Gasteiger partial charge in [0.05, 0.1) is 22.4 Å². The zero-order chi connectivity index (χ0) is 20.7. The number of hydrogen-bond donors (Lipinski definition) is 1. The number of benzene rings is 1. The summed E-state index contributed by atoms with van der Waals surface area (Å²) >= 11 is 1.70. The lowest BCUT2D eigenvalue weighted by atomic mass is 9.89. The molecule has 0 atom stereocenters. The zero-order valence-corrected chi connectivity index (χ0v) is 18.5. The number of ether oxygens (including phenoxy) is 1. The lowest BCUT2D eigenvalue weighted by Crippen LogP contribution is -2.32. The Kier molecular flexibility index (Phi) is 4.91. The highest BCUT2D eigenvalue weighted by Gasteiger charge is 2.31. The number of thiophene rings is 1. The number of pyridine rings is 1. The molecule has 0 spiro atoms. The number of aryl methyl sites for hydroxylation is 1. The van der Waals surface area contributed by atoms with Gasteiger partial charge in [0, 0.05) is 29.6 Å². The molecule has 1 aliphatic rings. The van der Waals surface area contributed by atoms with Gasteiger partial charge in [-0.05, 0) is 37.8 Å². The molecule has 1 aromatic carbocycles. The van der Waals surface area contributed by atoms with Gasteiger partial charge < -0.3 is 10.1 Å². The third-order valence-electron chi connectivity index (χ3n) is 5.80. The summed E-state index contributed by atoms with van der Waals surface area (Å²) in [6.07, 6.45) is 4.41.